The predicted molar refractivity (Wildman–Crippen MR) is 114 cm³/mol. The Balaban J connectivity index is 1.60. The van der Waals surface area contributed by atoms with Gasteiger partial charge in [-0.05, 0) is 35.8 Å². The minimum Gasteiger partial charge on any atom is -0.360 e. The fraction of sp³-hybridized carbons (Fsp3) is 0.0417. The van der Waals surface area contributed by atoms with E-state index in [1.165, 1.54) is 45.0 Å². The van der Waals surface area contributed by atoms with Gasteiger partial charge in [-0.15, -0.1) is 0 Å². The van der Waals surface area contributed by atoms with Crippen LogP contribution in [0, 0.1) is 0 Å². The highest BCUT2D eigenvalue weighted by Crippen LogP contribution is 2.51. The number of para-hydroxylation sites is 3. The van der Waals surface area contributed by atoms with Crippen molar-refractivity contribution in [1.82, 2.24) is 0 Å². The van der Waals surface area contributed by atoms with Crippen molar-refractivity contribution < 1.29 is 4.57 Å². The molecule has 4 heteroatoms. The molecule has 0 saturated carbocycles. The summed E-state index contributed by atoms with van der Waals surface area (Å²) in [6.45, 7) is 1.09. The Labute approximate surface area is 164 Å². The number of pyridine rings is 1. The lowest BCUT2D eigenvalue weighted by Gasteiger charge is -2.33. The molecule has 3 aliphatic rings. The zero-order valence-corrected chi connectivity index (χ0v) is 15.3. The van der Waals surface area contributed by atoms with Crippen LogP contribution in [-0.2, 0) is 6.54 Å². The quantitative estimate of drug-likeness (QED) is 0.331. The SMILES string of the molecule is c1ccc(N2B3c4cccc5c4-c4c(ccc[n+]4C5)N3c3ccccc32)cc1. The fourth-order valence-electron chi connectivity index (χ4n) is 5.23. The number of hydrogen-bond acceptors (Lipinski definition) is 2. The molecule has 0 N–H and O–H groups in total. The summed E-state index contributed by atoms with van der Waals surface area (Å²) in [7, 11) is 0. The van der Waals surface area contributed by atoms with Gasteiger partial charge in [0, 0.05) is 17.3 Å². The van der Waals surface area contributed by atoms with Crippen molar-refractivity contribution in [3.63, 3.8) is 0 Å². The van der Waals surface area contributed by atoms with Crippen molar-refractivity contribution in [3.8, 4) is 11.3 Å². The summed E-state index contributed by atoms with van der Waals surface area (Å²) < 4.78 is 2.40. The number of anilines is 4. The van der Waals surface area contributed by atoms with Crippen LogP contribution in [0.4, 0.5) is 22.7 Å². The van der Waals surface area contributed by atoms with Crippen LogP contribution in [0.5, 0.6) is 0 Å². The van der Waals surface area contributed by atoms with Crippen LogP contribution in [0.3, 0.4) is 0 Å². The molecule has 4 aromatic rings. The van der Waals surface area contributed by atoms with Crippen LogP contribution in [0.15, 0.2) is 91.1 Å². The maximum Gasteiger partial charge on any atom is 0.421 e. The number of aromatic nitrogens is 1. The number of benzene rings is 3. The number of rotatable bonds is 1. The van der Waals surface area contributed by atoms with Crippen LogP contribution in [0.1, 0.15) is 5.56 Å². The number of fused-ring (bicyclic) bond motifs is 5. The summed E-state index contributed by atoms with van der Waals surface area (Å²) >= 11 is 0. The molecule has 0 bridgehead atoms. The standard InChI is InChI=1S/C24H17BN3/c1-2-9-18(10-3-1)27-20-12-4-5-13-21(20)28-22-14-7-15-26-16-17-8-6-11-19(25(27)28)23(17)24(22)26/h1-15H,16H2/q+1. The third-order valence-corrected chi connectivity index (χ3v) is 6.27. The van der Waals surface area contributed by atoms with Gasteiger partial charge in [-0.25, -0.2) is 0 Å². The van der Waals surface area contributed by atoms with E-state index in [9.17, 15) is 0 Å². The zero-order valence-electron chi connectivity index (χ0n) is 15.3. The van der Waals surface area contributed by atoms with Gasteiger partial charge in [-0.1, -0.05) is 48.5 Å². The molecule has 7 rings (SSSR count). The van der Waals surface area contributed by atoms with Gasteiger partial charge in [-0.3, -0.25) is 0 Å². The summed E-state index contributed by atoms with van der Waals surface area (Å²) in [5.74, 6) is 0. The van der Waals surface area contributed by atoms with Crippen molar-refractivity contribution in [2.45, 2.75) is 6.54 Å². The first-order chi connectivity index (χ1) is 13.9. The lowest BCUT2D eigenvalue weighted by atomic mass is 9.59. The van der Waals surface area contributed by atoms with Crippen LogP contribution in [0.2, 0.25) is 0 Å². The predicted octanol–water partition coefficient (Wildman–Crippen LogP) is 4.00. The Kier molecular flexibility index (Phi) is 2.62. The molecule has 0 spiro atoms. The molecule has 0 aliphatic carbocycles. The van der Waals surface area contributed by atoms with Gasteiger partial charge in [0.2, 0.25) is 5.69 Å². The highest BCUT2D eigenvalue weighted by atomic mass is 15.3. The fourth-order valence-corrected chi connectivity index (χ4v) is 5.23. The van der Waals surface area contributed by atoms with E-state index < -0.39 is 0 Å². The first kappa shape index (κ1) is 14.5. The third-order valence-electron chi connectivity index (χ3n) is 6.27. The van der Waals surface area contributed by atoms with Crippen LogP contribution in [-0.4, -0.2) is 6.98 Å². The second-order valence-electron chi connectivity index (χ2n) is 7.69. The van der Waals surface area contributed by atoms with Crippen LogP contribution in [0.25, 0.3) is 11.3 Å². The summed E-state index contributed by atoms with van der Waals surface area (Å²) in [4.78, 5) is 5.01. The van der Waals surface area contributed by atoms with E-state index in [1.807, 2.05) is 0 Å². The Bertz CT molecular complexity index is 1270. The molecule has 3 aromatic carbocycles. The van der Waals surface area contributed by atoms with Gasteiger partial charge >= 0.3 is 6.98 Å². The molecule has 0 fully saturated rings. The second-order valence-corrected chi connectivity index (χ2v) is 7.69. The van der Waals surface area contributed by atoms with Gasteiger partial charge in [0.05, 0.1) is 16.9 Å². The first-order valence-corrected chi connectivity index (χ1v) is 9.79. The summed E-state index contributed by atoms with van der Waals surface area (Å²) in [6.07, 6.45) is 2.21. The van der Waals surface area contributed by atoms with E-state index in [0.29, 0.717) is 0 Å². The van der Waals surface area contributed by atoms with E-state index in [1.54, 1.807) is 0 Å². The smallest absolute Gasteiger partial charge is 0.360 e. The molecular weight excluding hydrogens is 341 g/mol. The molecule has 0 unspecified atom stereocenters. The minimum absolute atomic E-state index is 0.135. The van der Waals surface area contributed by atoms with Gasteiger partial charge < -0.3 is 9.62 Å². The summed E-state index contributed by atoms with van der Waals surface area (Å²) in [6, 6.07) is 30.8. The second kappa shape index (κ2) is 5.05. The van der Waals surface area contributed by atoms with E-state index in [2.05, 4.69) is 105 Å². The van der Waals surface area contributed by atoms with E-state index in [-0.39, 0.29) is 6.98 Å². The third kappa shape index (κ3) is 1.64. The Morgan fingerprint density at radius 3 is 2.29 bits per heavy atom. The van der Waals surface area contributed by atoms with Crippen molar-refractivity contribution in [2.24, 2.45) is 0 Å². The molecule has 28 heavy (non-hydrogen) atoms. The van der Waals surface area contributed by atoms with Crippen molar-refractivity contribution in [2.75, 3.05) is 9.62 Å². The van der Waals surface area contributed by atoms with Crippen molar-refractivity contribution in [1.29, 1.82) is 0 Å². The molecule has 1 aromatic heterocycles. The van der Waals surface area contributed by atoms with Gasteiger partial charge in [0.25, 0.3) is 0 Å². The van der Waals surface area contributed by atoms with E-state index in [4.69, 9.17) is 0 Å². The highest BCUT2D eigenvalue weighted by Gasteiger charge is 2.52. The molecule has 0 amide bonds. The average Bonchev–Trinajstić information content (AvgIpc) is 3.31. The Hall–Kier alpha value is -3.53. The minimum atomic E-state index is 0.135. The number of hydrogen-bond donors (Lipinski definition) is 0. The molecular formula is C24H17BN3+. The molecule has 0 atom stereocenters. The molecule has 0 saturated heterocycles. The summed E-state index contributed by atoms with van der Waals surface area (Å²) in [5, 5.41) is 0. The van der Waals surface area contributed by atoms with E-state index >= 15 is 0 Å². The topological polar surface area (TPSA) is 10.4 Å². The summed E-state index contributed by atoms with van der Waals surface area (Å²) in [5.41, 5.74) is 10.7. The normalized spacial score (nSPS) is 14.8. The maximum absolute atomic E-state index is 2.52. The lowest BCUT2D eigenvalue weighted by Crippen LogP contribution is -2.56. The van der Waals surface area contributed by atoms with Gasteiger partial charge in [0.1, 0.15) is 5.69 Å². The van der Waals surface area contributed by atoms with Gasteiger partial charge in [-0.2, -0.15) is 4.57 Å². The molecule has 0 radical (unpaired) electrons. The largest absolute Gasteiger partial charge is 0.421 e. The molecule has 130 valence electrons. The number of nitrogens with zero attached hydrogens (tertiary/aromatic N) is 3. The average molecular weight is 358 g/mol. The van der Waals surface area contributed by atoms with Crippen molar-refractivity contribution >= 4 is 35.2 Å². The monoisotopic (exact) mass is 358 g/mol. The lowest BCUT2D eigenvalue weighted by molar-refractivity contribution is -0.671. The Morgan fingerprint density at radius 1 is 0.679 bits per heavy atom. The molecule has 4 heterocycles. The van der Waals surface area contributed by atoms with Crippen LogP contribution >= 0.6 is 0 Å². The zero-order chi connectivity index (χ0) is 18.2. The molecule has 3 nitrogen and oxygen atoms in total. The first-order valence-electron chi connectivity index (χ1n) is 9.79. The van der Waals surface area contributed by atoms with Crippen LogP contribution < -0.4 is 19.7 Å². The van der Waals surface area contributed by atoms with Crippen molar-refractivity contribution in [3.05, 3.63) is 96.7 Å². The van der Waals surface area contributed by atoms with E-state index in [0.717, 1.165) is 6.54 Å². The molecule has 3 aliphatic heterocycles. The highest BCUT2D eigenvalue weighted by molar-refractivity contribution is 6.86. The van der Waals surface area contributed by atoms with Gasteiger partial charge in [0.15, 0.2) is 12.7 Å². The Morgan fingerprint density at radius 2 is 1.43 bits per heavy atom. The maximum atomic E-state index is 2.52.